The predicted molar refractivity (Wildman–Crippen MR) is 199 cm³/mol. The number of alkyl halides is 1. The SMILES string of the molecule is Cc1nc(CN2CCC(c3ccc4c(c3)C(=O)N([C@H]3CCC(=O)NC3=O)C4)CC2)cnc1O[C@H]1CN2c3cc(-c4cccc(F)c4O)nnc3NC[C@@]2(CF)C1. The number of likely N-dealkylation sites (tertiary alicyclic amines) is 1. The lowest BCUT2D eigenvalue weighted by Gasteiger charge is -2.42. The summed E-state index contributed by atoms with van der Waals surface area (Å²) in [6.07, 6.45) is 4.12. The van der Waals surface area contributed by atoms with Gasteiger partial charge in [0.25, 0.3) is 5.91 Å². The third-order valence-electron chi connectivity index (χ3n) is 12.0. The number of hydrogen-bond donors (Lipinski definition) is 3. The third-order valence-corrected chi connectivity index (χ3v) is 12.0. The number of aromatic nitrogens is 4. The van der Waals surface area contributed by atoms with Crippen LogP contribution in [0.5, 0.6) is 11.6 Å². The van der Waals surface area contributed by atoms with Gasteiger partial charge in [0.05, 0.1) is 41.0 Å². The van der Waals surface area contributed by atoms with Crippen molar-refractivity contribution < 1.29 is 33.0 Å². The number of phenolic OH excluding ortho intramolecular Hbond substituents is 1. The Morgan fingerprint density at radius 3 is 2.68 bits per heavy atom. The number of nitrogens with one attached hydrogen (secondary N) is 2. The molecule has 2 aromatic carbocycles. The van der Waals surface area contributed by atoms with Crippen LogP contribution in [0.3, 0.4) is 0 Å². The molecule has 3 atom stereocenters. The van der Waals surface area contributed by atoms with E-state index in [1.54, 1.807) is 23.2 Å². The van der Waals surface area contributed by atoms with Crippen molar-refractivity contribution in [2.24, 2.45) is 0 Å². The lowest BCUT2D eigenvalue weighted by Crippen LogP contribution is -2.54. The lowest BCUT2D eigenvalue weighted by atomic mass is 9.88. The number of hydrogen-bond acceptors (Lipinski definition) is 12. The van der Waals surface area contributed by atoms with Crippen molar-refractivity contribution in [2.75, 3.05) is 43.1 Å². The molecular weight excluding hydrogens is 724 g/mol. The highest BCUT2D eigenvalue weighted by molar-refractivity contribution is 6.05. The lowest BCUT2D eigenvalue weighted by molar-refractivity contribution is -0.136. The second kappa shape index (κ2) is 14.1. The number of amides is 3. The van der Waals surface area contributed by atoms with Gasteiger partial charge in [-0.1, -0.05) is 18.2 Å². The number of aromatic hydroxyl groups is 1. The summed E-state index contributed by atoms with van der Waals surface area (Å²) in [6.45, 7) is 4.55. The van der Waals surface area contributed by atoms with Crippen molar-refractivity contribution in [3.05, 3.63) is 82.6 Å². The maximum Gasteiger partial charge on any atom is 0.255 e. The Hall–Kier alpha value is -5.77. The number of imide groups is 1. The first-order chi connectivity index (χ1) is 27.1. The van der Waals surface area contributed by atoms with Crippen LogP contribution in [-0.2, 0) is 22.7 Å². The smallest absolute Gasteiger partial charge is 0.255 e. The highest BCUT2D eigenvalue weighted by Crippen LogP contribution is 2.44. The van der Waals surface area contributed by atoms with E-state index >= 15 is 0 Å². The van der Waals surface area contributed by atoms with Crippen LogP contribution >= 0.6 is 0 Å². The number of nitrogens with zero attached hydrogens (tertiary/aromatic N) is 7. The molecule has 0 bridgehead atoms. The zero-order valence-electron chi connectivity index (χ0n) is 30.8. The van der Waals surface area contributed by atoms with Crippen LogP contribution in [0.4, 0.5) is 20.3 Å². The van der Waals surface area contributed by atoms with Gasteiger partial charge in [0.15, 0.2) is 17.4 Å². The molecule has 0 spiro atoms. The highest BCUT2D eigenvalue weighted by atomic mass is 19.1. The molecule has 3 fully saturated rings. The fourth-order valence-corrected chi connectivity index (χ4v) is 8.93. The Morgan fingerprint density at radius 1 is 1.05 bits per heavy atom. The summed E-state index contributed by atoms with van der Waals surface area (Å²) in [5, 5.41) is 24.3. The van der Waals surface area contributed by atoms with Gasteiger partial charge in [0.1, 0.15) is 18.8 Å². The van der Waals surface area contributed by atoms with E-state index in [0.29, 0.717) is 73.6 Å². The molecule has 56 heavy (non-hydrogen) atoms. The Labute approximate surface area is 321 Å². The maximum absolute atomic E-state index is 14.9. The van der Waals surface area contributed by atoms with Gasteiger partial charge < -0.3 is 25.0 Å². The number of aryl methyl sites for hydroxylation is 1. The zero-order chi connectivity index (χ0) is 38.7. The molecule has 0 saturated carbocycles. The molecule has 5 aliphatic heterocycles. The molecule has 3 amide bonds. The van der Waals surface area contributed by atoms with E-state index in [1.165, 1.54) is 6.07 Å². The molecule has 3 saturated heterocycles. The number of benzene rings is 2. The van der Waals surface area contributed by atoms with E-state index in [1.807, 2.05) is 24.0 Å². The van der Waals surface area contributed by atoms with Gasteiger partial charge in [-0.05, 0) is 80.6 Å². The average Bonchev–Trinajstić information content (AvgIpc) is 3.74. The van der Waals surface area contributed by atoms with Crippen LogP contribution in [0.2, 0.25) is 0 Å². The Bertz CT molecular complexity index is 2250. The van der Waals surface area contributed by atoms with Crippen molar-refractivity contribution in [1.82, 2.24) is 35.3 Å². The average molecular weight is 766 g/mol. The van der Waals surface area contributed by atoms with Crippen molar-refractivity contribution in [3.8, 4) is 22.9 Å². The van der Waals surface area contributed by atoms with E-state index in [4.69, 9.17) is 9.72 Å². The fourth-order valence-electron chi connectivity index (χ4n) is 8.93. The first-order valence-electron chi connectivity index (χ1n) is 19.0. The maximum atomic E-state index is 14.9. The van der Waals surface area contributed by atoms with Crippen LogP contribution in [0.1, 0.15) is 70.9 Å². The van der Waals surface area contributed by atoms with E-state index in [9.17, 15) is 28.3 Å². The van der Waals surface area contributed by atoms with E-state index in [0.717, 1.165) is 48.8 Å². The van der Waals surface area contributed by atoms with Gasteiger partial charge in [-0.15, -0.1) is 10.2 Å². The number of piperidine rings is 2. The Kier molecular flexibility index (Phi) is 9.02. The second-order valence-corrected chi connectivity index (χ2v) is 15.5. The summed E-state index contributed by atoms with van der Waals surface area (Å²) < 4.78 is 35.4. The van der Waals surface area contributed by atoms with Crippen LogP contribution in [-0.4, -0.2) is 103 Å². The molecule has 16 heteroatoms. The van der Waals surface area contributed by atoms with Crippen LogP contribution in [0.25, 0.3) is 11.3 Å². The number of carbonyl (C=O) groups is 3. The normalized spacial score (nSPS) is 23.7. The van der Waals surface area contributed by atoms with Gasteiger partial charge in [-0.2, -0.15) is 0 Å². The molecule has 0 aliphatic carbocycles. The number of carbonyl (C=O) groups excluding carboxylic acids is 3. The Morgan fingerprint density at radius 2 is 1.89 bits per heavy atom. The minimum Gasteiger partial charge on any atom is -0.504 e. The van der Waals surface area contributed by atoms with Crippen molar-refractivity contribution >= 4 is 29.2 Å². The Balaban J connectivity index is 0.818. The molecule has 14 nitrogen and oxygen atoms in total. The topological polar surface area (TPSA) is 166 Å². The van der Waals surface area contributed by atoms with Crippen LogP contribution < -0.4 is 20.3 Å². The molecule has 2 aromatic heterocycles. The van der Waals surface area contributed by atoms with Crippen molar-refractivity contribution in [1.29, 1.82) is 0 Å². The summed E-state index contributed by atoms with van der Waals surface area (Å²) in [7, 11) is 0. The number of phenols is 1. The molecule has 4 aromatic rings. The van der Waals surface area contributed by atoms with Crippen molar-refractivity contribution in [3.63, 3.8) is 0 Å². The van der Waals surface area contributed by atoms with Gasteiger partial charge in [-0.25, -0.2) is 18.7 Å². The summed E-state index contributed by atoms with van der Waals surface area (Å²) in [6, 6.07) is 11.3. The van der Waals surface area contributed by atoms with E-state index < -0.39 is 41.8 Å². The summed E-state index contributed by atoms with van der Waals surface area (Å²) in [5.74, 6) is -0.998. The van der Waals surface area contributed by atoms with Crippen molar-refractivity contribution in [2.45, 2.75) is 75.7 Å². The first kappa shape index (κ1) is 35.9. The zero-order valence-corrected chi connectivity index (χ0v) is 30.8. The molecule has 5 aliphatic rings. The summed E-state index contributed by atoms with van der Waals surface area (Å²) in [4.78, 5) is 52.7. The van der Waals surface area contributed by atoms with Gasteiger partial charge in [0.2, 0.25) is 17.7 Å². The second-order valence-electron chi connectivity index (χ2n) is 15.5. The molecule has 7 heterocycles. The number of fused-ring (bicyclic) bond motifs is 4. The van der Waals surface area contributed by atoms with Gasteiger partial charge >= 0.3 is 0 Å². The molecule has 0 radical (unpaired) electrons. The monoisotopic (exact) mass is 765 g/mol. The molecule has 9 rings (SSSR count). The quantitative estimate of drug-likeness (QED) is 0.221. The first-order valence-corrected chi connectivity index (χ1v) is 19.0. The fraction of sp³-hybridized carbons (Fsp3) is 0.425. The summed E-state index contributed by atoms with van der Waals surface area (Å²) >= 11 is 0. The number of halogens is 2. The number of rotatable bonds is 8. The largest absolute Gasteiger partial charge is 0.504 e. The van der Waals surface area contributed by atoms with Gasteiger partial charge in [-0.3, -0.25) is 24.6 Å². The molecular formula is C40H41F2N9O5. The molecule has 290 valence electrons. The summed E-state index contributed by atoms with van der Waals surface area (Å²) in [5.41, 5.74) is 4.28. The van der Waals surface area contributed by atoms with E-state index in [2.05, 4.69) is 36.8 Å². The minimum absolute atomic E-state index is 0.156. The highest BCUT2D eigenvalue weighted by Gasteiger charge is 2.50. The minimum atomic E-state index is -0.902. The van der Waals surface area contributed by atoms with Crippen LogP contribution in [0.15, 0.2) is 48.7 Å². The van der Waals surface area contributed by atoms with Crippen LogP contribution in [0, 0.1) is 12.7 Å². The number of ether oxygens (including phenoxy) is 1. The molecule has 3 N–H and O–H groups in total. The van der Waals surface area contributed by atoms with Gasteiger partial charge in [0, 0.05) is 43.6 Å². The van der Waals surface area contributed by atoms with E-state index in [-0.39, 0.29) is 29.5 Å². The number of para-hydroxylation sites is 1. The predicted octanol–water partition coefficient (Wildman–Crippen LogP) is 4.02. The standard InChI is InChI=1S/C40H41F2N9O5/c1-22-38(56-27-15-40(20-41)21-44-36-33(51(40)19-27)14-31(47-48-36)28-3-2-4-30(42)35(28)53)43-16-26(45-22)18-49-11-9-23(10-12-49)24-5-6-25-17-50(39(55)29(25)13-24)32-7-8-34(52)46-37(32)54/h2-6,13-14,16,23,27,32,53H,7-12,15,17-21H2,1H3,(H,44,48)(H,46,52,54)/t27-,32+,40+/m1/s1. The molecule has 0 unspecified atom stereocenters. The third kappa shape index (κ3) is 6.34. The number of anilines is 2.